The Balaban J connectivity index is 1.96. The van der Waals surface area contributed by atoms with Gasteiger partial charge in [0.15, 0.2) is 0 Å². The Morgan fingerprint density at radius 2 is 1.95 bits per heavy atom. The van der Waals surface area contributed by atoms with E-state index in [9.17, 15) is 4.79 Å². The van der Waals surface area contributed by atoms with Crippen LogP contribution >= 0.6 is 0 Å². The van der Waals surface area contributed by atoms with Crippen molar-refractivity contribution in [3.8, 4) is 0 Å². The molecule has 1 aliphatic rings. The van der Waals surface area contributed by atoms with E-state index in [0.717, 1.165) is 43.7 Å². The monoisotopic (exact) mass is 275 g/mol. The fourth-order valence-electron chi connectivity index (χ4n) is 2.67. The van der Waals surface area contributed by atoms with Gasteiger partial charge in [0.1, 0.15) is 6.33 Å². The van der Waals surface area contributed by atoms with Crippen molar-refractivity contribution >= 4 is 5.91 Å². The van der Waals surface area contributed by atoms with Crippen LogP contribution in [0.2, 0.25) is 0 Å². The molecule has 0 saturated carbocycles. The first-order valence-electron chi connectivity index (χ1n) is 7.43. The zero-order valence-corrected chi connectivity index (χ0v) is 13.0. The third kappa shape index (κ3) is 3.78. The highest BCUT2D eigenvalue weighted by atomic mass is 16.2. The minimum Gasteiger partial charge on any atom is -0.343 e. The molecule has 0 aromatic carbocycles. The summed E-state index contributed by atoms with van der Waals surface area (Å²) in [5.74, 6) is 0.828. The van der Waals surface area contributed by atoms with Crippen LogP contribution < -0.4 is 0 Å². The SMILES string of the molecule is CC(=O)N1CCC(Cc2cc(C(C)(C)C)ncn2)CC1. The molecule has 110 valence electrons. The van der Waals surface area contributed by atoms with Gasteiger partial charge in [0.05, 0.1) is 0 Å². The summed E-state index contributed by atoms with van der Waals surface area (Å²) in [6.07, 6.45) is 4.83. The molecule has 2 rings (SSSR count). The Kier molecular flexibility index (Phi) is 4.41. The van der Waals surface area contributed by atoms with E-state index in [1.807, 2.05) is 4.90 Å². The lowest BCUT2D eigenvalue weighted by Crippen LogP contribution is -2.37. The number of amides is 1. The molecule has 1 fully saturated rings. The van der Waals surface area contributed by atoms with Gasteiger partial charge in [-0.15, -0.1) is 0 Å². The topological polar surface area (TPSA) is 46.1 Å². The molecule has 0 bridgehead atoms. The predicted octanol–water partition coefficient (Wildman–Crippen LogP) is 2.58. The van der Waals surface area contributed by atoms with E-state index in [1.165, 1.54) is 0 Å². The van der Waals surface area contributed by atoms with Crippen LogP contribution in [0.3, 0.4) is 0 Å². The number of likely N-dealkylation sites (tertiary alicyclic amines) is 1. The number of carbonyl (C=O) groups is 1. The van der Waals surface area contributed by atoms with Gasteiger partial charge in [0.25, 0.3) is 0 Å². The fourth-order valence-corrected chi connectivity index (χ4v) is 2.67. The van der Waals surface area contributed by atoms with Gasteiger partial charge in [0, 0.05) is 36.8 Å². The quantitative estimate of drug-likeness (QED) is 0.833. The molecule has 1 aromatic rings. The van der Waals surface area contributed by atoms with Crippen molar-refractivity contribution in [2.45, 2.75) is 52.4 Å². The second-order valence-corrected chi connectivity index (χ2v) is 6.80. The Bertz CT molecular complexity index is 471. The zero-order chi connectivity index (χ0) is 14.8. The predicted molar refractivity (Wildman–Crippen MR) is 79.4 cm³/mol. The van der Waals surface area contributed by atoms with Crippen LogP contribution in [0.15, 0.2) is 12.4 Å². The van der Waals surface area contributed by atoms with Crippen LogP contribution in [-0.2, 0) is 16.6 Å². The maximum atomic E-state index is 11.3. The van der Waals surface area contributed by atoms with E-state index in [0.29, 0.717) is 5.92 Å². The van der Waals surface area contributed by atoms with E-state index >= 15 is 0 Å². The molecule has 0 spiro atoms. The van der Waals surface area contributed by atoms with Crippen molar-refractivity contribution in [1.29, 1.82) is 0 Å². The first-order valence-corrected chi connectivity index (χ1v) is 7.43. The van der Waals surface area contributed by atoms with Crippen molar-refractivity contribution in [3.63, 3.8) is 0 Å². The molecule has 1 aromatic heterocycles. The number of hydrogen-bond acceptors (Lipinski definition) is 3. The summed E-state index contributed by atoms with van der Waals surface area (Å²) in [6.45, 7) is 9.94. The normalized spacial score (nSPS) is 17.3. The van der Waals surface area contributed by atoms with Crippen molar-refractivity contribution in [1.82, 2.24) is 14.9 Å². The summed E-state index contributed by atoms with van der Waals surface area (Å²) < 4.78 is 0. The summed E-state index contributed by atoms with van der Waals surface area (Å²) in [6, 6.07) is 2.14. The number of carbonyl (C=O) groups excluding carboxylic acids is 1. The lowest BCUT2D eigenvalue weighted by atomic mass is 9.89. The van der Waals surface area contributed by atoms with Crippen LogP contribution in [-0.4, -0.2) is 33.9 Å². The van der Waals surface area contributed by atoms with Crippen LogP contribution in [0.1, 0.15) is 51.9 Å². The van der Waals surface area contributed by atoms with Gasteiger partial charge >= 0.3 is 0 Å². The van der Waals surface area contributed by atoms with E-state index in [1.54, 1.807) is 13.3 Å². The number of aromatic nitrogens is 2. The molecule has 4 heteroatoms. The number of rotatable bonds is 2. The molecule has 20 heavy (non-hydrogen) atoms. The Hall–Kier alpha value is -1.45. The van der Waals surface area contributed by atoms with Crippen molar-refractivity contribution in [2.75, 3.05) is 13.1 Å². The third-order valence-corrected chi connectivity index (χ3v) is 4.05. The molecule has 0 N–H and O–H groups in total. The molecular formula is C16H25N3O. The van der Waals surface area contributed by atoms with Gasteiger partial charge in [0.2, 0.25) is 5.91 Å². The molecular weight excluding hydrogens is 250 g/mol. The standard InChI is InChI=1S/C16H25N3O/c1-12(20)19-7-5-13(6-8-19)9-14-10-15(16(2,3)4)18-11-17-14/h10-11,13H,5-9H2,1-4H3. The van der Waals surface area contributed by atoms with Crippen LogP contribution in [0.25, 0.3) is 0 Å². The number of nitrogens with zero attached hydrogens (tertiary/aromatic N) is 3. The van der Waals surface area contributed by atoms with E-state index in [2.05, 4.69) is 36.8 Å². The van der Waals surface area contributed by atoms with Gasteiger partial charge in [-0.05, 0) is 31.2 Å². The van der Waals surface area contributed by atoms with Crippen LogP contribution in [0.4, 0.5) is 0 Å². The van der Waals surface area contributed by atoms with E-state index in [4.69, 9.17) is 0 Å². The number of hydrogen-bond donors (Lipinski definition) is 0. The average molecular weight is 275 g/mol. The highest BCUT2D eigenvalue weighted by molar-refractivity contribution is 5.73. The van der Waals surface area contributed by atoms with Gasteiger partial charge in [-0.1, -0.05) is 20.8 Å². The number of piperidine rings is 1. The van der Waals surface area contributed by atoms with Crippen molar-refractivity contribution in [2.24, 2.45) is 5.92 Å². The van der Waals surface area contributed by atoms with Crippen LogP contribution in [0.5, 0.6) is 0 Å². The molecule has 4 nitrogen and oxygen atoms in total. The van der Waals surface area contributed by atoms with E-state index in [-0.39, 0.29) is 11.3 Å². The van der Waals surface area contributed by atoms with Gasteiger partial charge in [-0.2, -0.15) is 0 Å². The summed E-state index contributed by atoms with van der Waals surface area (Å²) >= 11 is 0. The molecule has 0 unspecified atom stereocenters. The minimum atomic E-state index is 0.0652. The molecule has 1 amide bonds. The van der Waals surface area contributed by atoms with Crippen molar-refractivity contribution < 1.29 is 4.79 Å². The van der Waals surface area contributed by atoms with Gasteiger partial charge < -0.3 is 4.90 Å². The maximum Gasteiger partial charge on any atom is 0.219 e. The summed E-state index contributed by atoms with van der Waals surface area (Å²) in [5, 5.41) is 0. The summed E-state index contributed by atoms with van der Waals surface area (Å²) in [7, 11) is 0. The lowest BCUT2D eigenvalue weighted by molar-refractivity contribution is -0.130. The molecule has 1 aliphatic heterocycles. The van der Waals surface area contributed by atoms with Gasteiger partial charge in [-0.3, -0.25) is 4.79 Å². The minimum absolute atomic E-state index is 0.0652. The first kappa shape index (κ1) is 14.9. The Labute approximate surface area is 121 Å². The largest absolute Gasteiger partial charge is 0.343 e. The van der Waals surface area contributed by atoms with Crippen molar-refractivity contribution in [3.05, 3.63) is 23.8 Å². The Morgan fingerprint density at radius 1 is 1.30 bits per heavy atom. The second-order valence-electron chi connectivity index (χ2n) is 6.80. The first-order chi connectivity index (χ1) is 9.36. The average Bonchev–Trinajstić information content (AvgIpc) is 2.38. The molecule has 0 radical (unpaired) electrons. The summed E-state index contributed by atoms with van der Waals surface area (Å²) in [5.41, 5.74) is 2.30. The highest BCUT2D eigenvalue weighted by Gasteiger charge is 2.22. The molecule has 1 saturated heterocycles. The molecule has 2 heterocycles. The maximum absolute atomic E-state index is 11.3. The molecule has 0 aliphatic carbocycles. The highest BCUT2D eigenvalue weighted by Crippen LogP contribution is 2.24. The fraction of sp³-hybridized carbons (Fsp3) is 0.688. The lowest BCUT2D eigenvalue weighted by Gasteiger charge is -2.31. The molecule has 0 atom stereocenters. The summed E-state index contributed by atoms with van der Waals surface area (Å²) in [4.78, 5) is 22.1. The third-order valence-electron chi connectivity index (χ3n) is 4.05. The zero-order valence-electron chi connectivity index (χ0n) is 13.0. The van der Waals surface area contributed by atoms with E-state index < -0.39 is 0 Å². The van der Waals surface area contributed by atoms with Crippen LogP contribution in [0, 0.1) is 5.92 Å². The van der Waals surface area contributed by atoms with Gasteiger partial charge in [-0.25, -0.2) is 9.97 Å². The second kappa shape index (κ2) is 5.90. The smallest absolute Gasteiger partial charge is 0.219 e. The Morgan fingerprint density at radius 3 is 2.50 bits per heavy atom.